The highest BCUT2D eigenvalue weighted by atomic mass is 16.7. The lowest BCUT2D eigenvalue weighted by Crippen LogP contribution is -2.56. The molecule has 0 bridgehead atoms. The van der Waals surface area contributed by atoms with Crippen LogP contribution >= 0.6 is 0 Å². The number of amides is 1. The molecule has 3 saturated heterocycles. The number of piperidine rings is 1. The fraction of sp³-hybridized carbons (Fsp3) is 0.938. The minimum Gasteiger partial charge on any atom is -0.372 e. The largest absolute Gasteiger partial charge is 0.372 e. The van der Waals surface area contributed by atoms with Gasteiger partial charge in [-0.25, -0.2) is 0 Å². The second kappa shape index (κ2) is 6.43. The second-order valence-electron chi connectivity index (χ2n) is 6.82. The Bertz CT molecular complexity index is 391. The van der Waals surface area contributed by atoms with Gasteiger partial charge in [-0.1, -0.05) is 0 Å². The van der Waals surface area contributed by atoms with E-state index in [4.69, 9.17) is 14.2 Å². The summed E-state index contributed by atoms with van der Waals surface area (Å²) in [4.78, 5) is 17.0. The summed E-state index contributed by atoms with van der Waals surface area (Å²) < 4.78 is 17.2. The van der Waals surface area contributed by atoms with Crippen molar-refractivity contribution in [3.05, 3.63) is 0 Å². The van der Waals surface area contributed by atoms with Gasteiger partial charge in [0.2, 0.25) is 5.91 Å². The van der Waals surface area contributed by atoms with E-state index in [0.29, 0.717) is 26.3 Å². The Morgan fingerprint density at radius 2 is 1.64 bits per heavy atom. The van der Waals surface area contributed by atoms with Gasteiger partial charge in [-0.2, -0.15) is 0 Å². The molecule has 3 rings (SSSR count). The van der Waals surface area contributed by atoms with E-state index in [1.165, 1.54) is 0 Å². The molecule has 3 heterocycles. The van der Waals surface area contributed by atoms with Crippen LogP contribution in [0, 0.1) is 0 Å². The summed E-state index contributed by atoms with van der Waals surface area (Å²) in [5.41, 5.74) is 0. The first-order valence-corrected chi connectivity index (χ1v) is 8.45. The second-order valence-corrected chi connectivity index (χ2v) is 6.82. The number of rotatable bonds is 2. The zero-order chi connectivity index (χ0) is 15.7. The first-order valence-electron chi connectivity index (χ1n) is 8.45. The molecule has 0 aromatic heterocycles. The van der Waals surface area contributed by atoms with Gasteiger partial charge in [-0.05, 0) is 20.8 Å². The first kappa shape index (κ1) is 16.2. The van der Waals surface area contributed by atoms with Crippen LogP contribution in [0.3, 0.4) is 0 Å². The first-order chi connectivity index (χ1) is 10.5. The average Bonchev–Trinajstić information content (AvgIpc) is 2.94. The maximum atomic E-state index is 12.8. The summed E-state index contributed by atoms with van der Waals surface area (Å²) >= 11 is 0. The van der Waals surface area contributed by atoms with E-state index >= 15 is 0 Å². The normalized spacial score (nSPS) is 34.0. The molecule has 0 saturated carbocycles. The van der Waals surface area contributed by atoms with E-state index in [1.807, 2.05) is 25.7 Å². The van der Waals surface area contributed by atoms with Crippen molar-refractivity contribution < 1.29 is 19.0 Å². The maximum Gasteiger partial charge on any atom is 0.239 e. The molecule has 1 spiro atoms. The number of hydrogen-bond donors (Lipinski definition) is 0. The van der Waals surface area contributed by atoms with Gasteiger partial charge < -0.3 is 19.1 Å². The molecule has 1 amide bonds. The maximum absolute atomic E-state index is 12.8. The summed E-state index contributed by atoms with van der Waals surface area (Å²) in [5, 5.41) is 0. The molecule has 0 aromatic rings. The fourth-order valence-corrected chi connectivity index (χ4v) is 3.82. The zero-order valence-corrected chi connectivity index (χ0v) is 13.9. The lowest BCUT2D eigenvalue weighted by molar-refractivity contribution is -0.189. The van der Waals surface area contributed by atoms with E-state index in [1.54, 1.807) is 0 Å². The van der Waals surface area contributed by atoms with E-state index < -0.39 is 0 Å². The lowest BCUT2D eigenvalue weighted by Gasteiger charge is -2.42. The van der Waals surface area contributed by atoms with E-state index in [0.717, 1.165) is 25.9 Å². The predicted molar refractivity (Wildman–Crippen MR) is 81.5 cm³/mol. The Labute approximate surface area is 132 Å². The van der Waals surface area contributed by atoms with Crippen molar-refractivity contribution in [3.63, 3.8) is 0 Å². The van der Waals surface area contributed by atoms with Gasteiger partial charge in [0, 0.05) is 39.0 Å². The zero-order valence-electron chi connectivity index (χ0n) is 13.9. The van der Waals surface area contributed by atoms with Crippen LogP contribution in [-0.4, -0.2) is 79.1 Å². The molecule has 0 unspecified atom stereocenters. The standard InChI is InChI=1S/C16H28N2O4/c1-12-10-18(11-13(2)22-12)15(19)14(3)17-6-4-16(5-7-17)20-8-9-21-16/h12-14H,4-11H2,1-3H3/t12-,13-,14+/m1/s1. The number of carbonyl (C=O) groups is 1. The highest BCUT2D eigenvalue weighted by molar-refractivity contribution is 5.81. The minimum absolute atomic E-state index is 0.0868. The Morgan fingerprint density at radius 3 is 2.18 bits per heavy atom. The predicted octanol–water partition coefficient (Wildman–Crippen LogP) is 0.850. The van der Waals surface area contributed by atoms with Gasteiger partial charge in [0.05, 0.1) is 31.5 Å². The topological polar surface area (TPSA) is 51.2 Å². The van der Waals surface area contributed by atoms with Crippen LogP contribution in [0.4, 0.5) is 0 Å². The fourth-order valence-electron chi connectivity index (χ4n) is 3.82. The molecule has 0 aromatic carbocycles. The summed E-state index contributed by atoms with van der Waals surface area (Å²) in [7, 11) is 0. The van der Waals surface area contributed by atoms with Crippen molar-refractivity contribution in [3.8, 4) is 0 Å². The summed E-state index contributed by atoms with van der Waals surface area (Å²) in [5.74, 6) is -0.160. The van der Waals surface area contributed by atoms with Crippen molar-refractivity contribution in [1.29, 1.82) is 0 Å². The molecule has 0 aliphatic carbocycles. The van der Waals surface area contributed by atoms with Crippen LogP contribution in [0.15, 0.2) is 0 Å². The summed E-state index contributed by atoms with van der Waals surface area (Å²) in [6, 6.07) is -0.0868. The third kappa shape index (κ3) is 3.30. The number of hydrogen-bond acceptors (Lipinski definition) is 5. The Kier molecular flexibility index (Phi) is 4.73. The van der Waals surface area contributed by atoms with E-state index in [2.05, 4.69) is 4.90 Å². The molecular formula is C16H28N2O4. The van der Waals surface area contributed by atoms with Crippen LogP contribution in [0.1, 0.15) is 33.6 Å². The molecule has 3 aliphatic rings. The van der Waals surface area contributed by atoms with Crippen LogP contribution < -0.4 is 0 Å². The molecule has 6 nitrogen and oxygen atoms in total. The molecule has 3 atom stereocenters. The van der Waals surface area contributed by atoms with Crippen LogP contribution in [0.2, 0.25) is 0 Å². The van der Waals surface area contributed by atoms with Gasteiger partial charge in [-0.15, -0.1) is 0 Å². The van der Waals surface area contributed by atoms with Gasteiger partial charge >= 0.3 is 0 Å². The Hall–Kier alpha value is -0.690. The lowest BCUT2D eigenvalue weighted by atomic mass is 10.0. The van der Waals surface area contributed by atoms with Gasteiger partial charge in [0.1, 0.15) is 0 Å². The summed E-state index contributed by atoms with van der Waals surface area (Å²) in [6.45, 7) is 10.5. The number of morpholine rings is 1. The van der Waals surface area contributed by atoms with Crippen molar-refractivity contribution in [2.24, 2.45) is 0 Å². The van der Waals surface area contributed by atoms with Gasteiger partial charge in [-0.3, -0.25) is 9.69 Å². The summed E-state index contributed by atoms with van der Waals surface area (Å²) in [6.07, 6.45) is 1.93. The van der Waals surface area contributed by atoms with Crippen molar-refractivity contribution in [2.45, 2.75) is 57.6 Å². The van der Waals surface area contributed by atoms with Crippen LogP contribution in [0.5, 0.6) is 0 Å². The van der Waals surface area contributed by atoms with Crippen LogP contribution in [-0.2, 0) is 19.0 Å². The molecule has 0 N–H and O–H groups in total. The number of nitrogens with zero attached hydrogens (tertiary/aromatic N) is 2. The number of ether oxygens (including phenoxy) is 3. The van der Waals surface area contributed by atoms with Crippen molar-refractivity contribution in [1.82, 2.24) is 9.80 Å². The molecule has 0 radical (unpaired) electrons. The average molecular weight is 312 g/mol. The Balaban J connectivity index is 1.55. The third-order valence-electron chi connectivity index (χ3n) is 5.01. The van der Waals surface area contributed by atoms with E-state index in [-0.39, 0.29) is 29.9 Å². The number of carbonyl (C=O) groups excluding carboxylic acids is 1. The van der Waals surface area contributed by atoms with Crippen LogP contribution in [0.25, 0.3) is 0 Å². The highest BCUT2D eigenvalue weighted by Gasteiger charge is 2.42. The highest BCUT2D eigenvalue weighted by Crippen LogP contribution is 2.32. The molecule has 126 valence electrons. The molecule has 22 heavy (non-hydrogen) atoms. The third-order valence-corrected chi connectivity index (χ3v) is 5.01. The quantitative estimate of drug-likeness (QED) is 0.757. The molecule has 3 fully saturated rings. The smallest absolute Gasteiger partial charge is 0.239 e. The molecule has 3 aliphatic heterocycles. The van der Waals surface area contributed by atoms with E-state index in [9.17, 15) is 4.79 Å². The van der Waals surface area contributed by atoms with Crippen molar-refractivity contribution in [2.75, 3.05) is 39.4 Å². The van der Waals surface area contributed by atoms with Crippen molar-refractivity contribution >= 4 is 5.91 Å². The van der Waals surface area contributed by atoms with Gasteiger partial charge in [0.15, 0.2) is 5.79 Å². The Morgan fingerprint density at radius 1 is 1.09 bits per heavy atom. The minimum atomic E-state index is -0.374. The molecule has 6 heteroatoms. The van der Waals surface area contributed by atoms with Gasteiger partial charge in [0.25, 0.3) is 0 Å². The monoisotopic (exact) mass is 312 g/mol. The SMILES string of the molecule is C[C@@H]1CN(C(=O)[C@H](C)N2CCC3(CC2)OCCO3)C[C@@H](C)O1. The number of likely N-dealkylation sites (tertiary alicyclic amines) is 1. The molecular weight excluding hydrogens is 284 g/mol.